The third kappa shape index (κ3) is 6.09. The molecule has 0 spiro atoms. The van der Waals surface area contributed by atoms with Crippen molar-refractivity contribution in [3.05, 3.63) is 10.1 Å². The second-order valence-corrected chi connectivity index (χ2v) is 3.52. The van der Waals surface area contributed by atoms with Crippen molar-refractivity contribution in [3.8, 4) is 0 Å². The van der Waals surface area contributed by atoms with Crippen molar-refractivity contribution >= 4 is 0 Å². The maximum absolute atomic E-state index is 10.0. The smallest absolute Gasteiger partial charge is 0.204 e. The lowest BCUT2D eigenvalue weighted by molar-refractivity contribution is -0.481. The molecule has 1 unspecified atom stereocenters. The molecule has 0 aromatic carbocycles. The maximum Gasteiger partial charge on any atom is 0.204 e. The Morgan fingerprint density at radius 3 is 2.42 bits per heavy atom. The number of nitro groups is 1. The van der Waals surface area contributed by atoms with Gasteiger partial charge in [0.25, 0.3) is 0 Å². The van der Waals surface area contributed by atoms with E-state index >= 15 is 0 Å². The molecule has 0 amide bonds. The Bertz CT molecular complexity index is 136. The molecule has 0 rings (SSSR count). The van der Waals surface area contributed by atoms with E-state index in [0.717, 1.165) is 6.42 Å². The van der Waals surface area contributed by atoms with E-state index in [1.54, 1.807) is 0 Å². The molecular formula is C8H17NO3. The van der Waals surface area contributed by atoms with Gasteiger partial charge < -0.3 is 5.11 Å². The van der Waals surface area contributed by atoms with Gasteiger partial charge in [-0.25, -0.2) is 0 Å². The zero-order valence-corrected chi connectivity index (χ0v) is 7.69. The van der Waals surface area contributed by atoms with Crippen LogP contribution in [-0.4, -0.2) is 23.2 Å². The van der Waals surface area contributed by atoms with Crippen LogP contribution < -0.4 is 0 Å². The molecule has 0 saturated carbocycles. The summed E-state index contributed by atoms with van der Waals surface area (Å²) in [6.45, 7) is 4.13. The van der Waals surface area contributed by atoms with Gasteiger partial charge in [-0.1, -0.05) is 13.8 Å². The molecule has 12 heavy (non-hydrogen) atoms. The standard InChI is InChI=1S/C8H17NO3/c1-7(2)5-8(6-10)3-4-9(11)12/h7-8,10H,3-6H2,1-2H3. The van der Waals surface area contributed by atoms with Crippen molar-refractivity contribution in [2.24, 2.45) is 11.8 Å². The number of aliphatic hydroxyl groups excluding tert-OH is 1. The van der Waals surface area contributed by atoms with Gasteiger partial charge in [0.05, 0.1) is 0 Å². The van der Waals surface area contributed by atoms with Gasteiger partial charge in [-0.05, 0) is 18.3 Å². The number of rotatable bonds is 6. The van der Waals surface area contributed by atoms with E-state index in [1.807, 2.05) is 0 Å². The Balaban J connectivity index is 3.60. The van der Waals surface area contributed by atoms with Crippen LogP contribution in [0.25, 0.3) is 0 Å². The molecule has 0 radical (unpaired) electrons. The van der Waals surface area contributed by atoms with Crippen molar-refractivity contribution in [1.82, 2.24) is 0 Å². The Hall–Kier alpha value is -0.640. The van der Waals surface area contributed by atoms with Crippen LogP contribution in [-0.2, 0) is 0 Å². The SMILES string of the molecule is CC(C)CC(CO)CC[N+](=O)[O-]. The average molecular weight is 175 g/mol. The monoisotopic (exact) mass is 175 g/mol. The van der Waals surface area contributed by atoms with E-state index in [-0.39, 0.29) is 24.0 Å². The maximum atomic E-state index is 10.0. The van der Waals surface area contributed by atoms with E-state index in [4.69, 9.17) is 5.11 Å². The van der Waals surface area contributed by atoms with Gasteiger partial charge in [0.15, 0.2) is 0 Å². The van der Waals surface area contributed by atoms with Crippen LogP contribution in [0.2, 0.25) is 0 Å². The van der Waals surface area contributed by atoms with Gasteiger partial charge >= 0.3 is 0 Å². The predicted octanol–water partition coefficient (Wildman–Crippen LogP) is 1.31. The minimum absolute atomic E-state index is 0.0298. The molecular weight excluding hydrogens is 158 g/mol. The molecule has 4 heteroatoms. The van der Waals surface area contributed by atoms with E-state index < -0.39 is 0 Å². The molecule has 4 nitrogen and oxygen atoms in total. The Morgan fingerprint density at radius 1 is 1.50 bits per heavy atom. The third-order valence-electron chi connectivity index (χ3n) is 1.78. The minimum atomic E-state index is -0.330. The summed E-state index contributed by atoms with van der Waals surface area (Å²) in [5.41, 5.74) is 0. The quantitative estimate of drug-likeness (QED) is 0.489. The van der Waals surface area contributed by atoms with Gasteiger partial charge in [0.1, 0.15) is 0 Å². The molecule has 0 aliphatic carbocycles. The summed E-state index contributed by atoms with van der Waals surface area (Å²) in [6, 6.07) is 0. The van der Waals surface area contributed by atoms with Crippen LogP contribution >= 0.6 is 0 Å². The second-order valence-electron chi connectivity index (χ2n) is 3.52. The summed E-state index contributed by atoms with van der Waals surface area (Å²) >= 11 is 0. The first-order valence-corrected chi connectivity index (χ1v) is 4.29. The average Bonchev–Trinajstić information content (AvgIpc) is 1.97. The lowest BCUT2D eigenvalue weighted by Crippen LogP contribution is -2.14. The van der Waals surface area contributed by atoms with Crippen molar-refractivity contribution in [1.29, 1.82) is 0 Å². The van der Waals surface area contributed by atoms with Crippen LogP contribution in [0.5, 0.6) is 0 Å². The molecule has 0 aromatic rings. The van der Waals surface area contributed by atoms with Crippen LogP contribution in [0.15, 0.2) is 0 Å². The molecule has 0 heterocycles. The van der Waals surface area contributed by atoms with Gasteiger partial charge in [0.2, 0.25) is 6.54 Å². The highest BCUT2D eigenvalue weighted by atomic mass is 16.6. The summed E-state index contributed by atoms with van der Waals surface area (Å²) in [4.78, 5) is 9.70. The number of aliphatic hydroxyl groups is 1. The Morgan fingerprint density at radius 2 is 2.08 bits per heavy atom. The summed E-state index contributed by atoms with van der Waals surface area (Å²) in [5.74, 6) is 0.587. The molecule has 0 fully saturated rings. The summed E-state index contributed by atoms with van der Waals surface area (Å²) in [5, 5.41) is 18.9. The first-order chi connectivity index (χ1) is 5.56. The largest absolute Gasteiger partial charge is 0.396 e. The molecule has 0 aromatic heterocycles. The van der Waals surface area contributed by atoms with Crippen molar-refractivity contribution in [2.45, 2.75) is 26.7 Å². The molecule has 0 aliphatic heterocycles. The first-order valence-electron chi connectivity index (χ1n) is 4.29. The lowest BCUT2D eigenvalue weighted by Gasteiger charge is -2.13. The molecule has 1 atom stereocenters. The van der Waals surface area contributed by atoms with E-state index in [9.17, 15) is 10.1 Å². The number of nitrogens with zero attached hydrogens (tertiary/aromatic N) is 1. The predicted molar refractivity (Wildman–Crippen MR) is 46.5 cm³/mol. The van der Waals surface area contributed by atoms with E-state index in [0.29, 0.717) is 12.3 Å². The van der Waals surface area contributed by atoms with Crippen molar-refractivity contribution in [2.75, 3.05) is 13.2 Å². The minimum Gasteiger partial charge on any atom is -0.396 e. The van der Waals surface area contributed by atoms with Crippen molar-refractivity contribution in [3.63, 3.8) is 0 Å². The van der Waals surface area contributed by atoms with E-state index in [1.165, 1.54) is 0 Å². The summed E-state index contributed by atoms with van der Waals surface area (Å²) in [6.07, 6.45) is 1.35. The normalized spacial score (nSPS) is 13.3. The topological polar surface area (TPSA) is 63.4 Å². The zero-order valence-electron chi connectivity index (χ0n) is 7.69. The van der Waals surface area contributed by atoms with Gasteiger partial charge in [-0.15, -0.1) is 0 Å². The highest BCUT2D eigenvalue weighted by Gasteiger charge is 2.12. The molecule has 0 saturated heterocycles. The molecule has 0 bridgehead atoms. The van der Waals surface area contributed by atoms with Crippen LogP contribution in [0.4, 0.5) is 0 Å². The summed E-state index contributed by atoms with van der Waals surface area (Å²) < 4.78 is 0. The van der Waals surface area contributed by atoms with Crippen LogP contribution in [0.1, 0.15) is 26.7 Å². The van der Waals surface area contributed by atoms with Crippen LogP contribution in [0.3, 0.4) is 0 Å². The van der Waals surface area contributed by atoms with Gasteiger partial charge in [-0.3, -0.25) is 10.1 Å². The fourth-order valence-corrected chi connectivity index (χ4v) is 1.24. The molecule has 0 aliphatic rings. The summed E-state index contributed by atoms with van der Waals surface area (Å²) in [7, 11) is 0. The molecule has 72 valence electrons. The Kier molecular flexibility index (Phi) is 5.62. The fourth-order valence-electron chi connectivity index (χ4n) is 1.24. The molecule has 1 N–H and O–H groups in total. The second kappa shape index (κ2) is 5.94. The highest BCUT2D eigenvalue weighted by molar-refractivity contribution is 4.59. The van der Waals surface area contributed by atoms with Gasteiger partial charge in [-0.2, -0.15) is 0 Å². The van der Waals surface area contributed by atoms with Gasteiger partial charge in [0, 0.05) is 18.0 Å². The fraction of sp³-hybridized carbons (Fsp3) is 1.00. The van der Waals surface area contributed by atoms with Crippen molar-refractivity contribution < 1.29 is 10.0 Å². The third-order valence-corrected chi connectivity index (χ3v) is 1.78. The van der Waals surface area contributed by atoms with E-state index in [2.05, 4.69) is 13.8 Å². The number of hydrogen-bond acceptors (Lipinski definition) is 3. The van der Waals surface area contributed by atoms with Crippen LogP contribution in [0, 0.1) is 22.0 Å². The zero-order chi connectivity index (χ0) is 9.56. The Labute approximate surface area is 72.7 Å². The number of hydrogen-bond donors (Lipinski definition) is 1. The highest BCUT2D eigenvalue weighted by Crippen LogP contribution is 2.14. The lowest BCUT2D eigenvalue weighted by atomic mass is 9.95. The first kappa shape index (κ1) is 11.4.